The molecule has 0 spiro atoms. The molecule has 0 bridgehead atoms. The van der Waals surface area contributed by atoms with E-state index < -0.39 is 30.1 Å². The van der Waals surface area contributed by atoms with Crippen LogP contribution in [0.15, 0.2) is 66.8 Å². The molecule has 0 saturated carbocycles. The van der Waals surface area contributed by atoms with Crippen LogP contribution >= 0.6 is 0 Å². The van der Waals surface area contributed by atoms with E-state index >= 15 is 0 Å². The number of nitrogens with zero attached hydrogens (tertiary/aromatic N) is 1. The molecule has 42 heavy (non-hydrogen) atoms. The van der Waals surface area contributed by atoms with E-state index in [1.165, 1.54) is 13.2 Å². The lowest BCUT2D eigenvalue weighted by Gasteiger charge is -2.40. The quantitative estimate of drug-likeness (QED) is 0.193. The van der Waals surface area contributed by atoms with Crippen molar-refractivity contribution in [1.82, 2.24) is 15.2 Å². The monoisotopic (exact) mass is 573 g/mol. The Balaban J connectivity index is 1.54. The van der Waals surface area contributed by atoms with Crippen molar-refractivity contribution in [2.45, 2.75) is 43.4 Å². The van der Waals surface area contributed by atoms with Gasteiger partial charge in [0.15, 0.2) is 11.5 Å². The Morgan fingerprint density at radius 2 is 2.05 bits per heavy atom. The number of carbonyl (C=O) groups excluding carboxylic acids is 3. The van der Waals surface area contributed by atoms with Crippen molar-refractivity contribution in [1.29, 1.82) is 0 Å². The van der Waals surface area contributed by atoms with Crippen molar-refractivity contribution in [3.63, 3.8) is 0 Å². The maximum atomic E-state index is 13.6. The number of aromatic nitrogens is 1. The van der Waals surface area contributed by atoms with Crippen molar-refractivity contribution in [2.24, 2.45) is 0 Å². The average Bonchev–Trinajstić information content (AvgIpc) is 3.61. The Bertz CT molecular complexity index is 1490. The van der Waals surface area contributed by atoms with Gasteiger partial charge >= 0.3 is 0 Å². The number of aliphatic hydroxyl groups excluding tert-OH is 2. The average molecular weight is 574 g/mol. The van der Waals surface area contributed by atoms with E-state index in [1.54, 1.807) is 23.1 Å². The van der Waals surface area contributed by atoms with Crippen molar-refractivity contribution in [2.75, 3.05) is 26.8 Å². The number of aldehydes is 1. The first-order valence-corrected chi connectivity index (χ1v) is 14.0. The second-order valence-corrected chi connectivity index (χ2v) is 10.4. The number of allylic oxidation sites excluding steroid dienone is 1. The predicted octanol–water partition coefficient (Wildman–Crippen LogP) is 2.65. The number of H-pyrrole nitrogens is 1. The number of rotatable bonds is 12. The van der Waals surface area contributed by atoms with Gasteiger partial charge in [0.05, 0.1) is 25.7 Å². The number of amides is 2. The Morgan fingerprint density at radius 3 is 2.76 bits per heavy atom. The van der Waals surface area contributed by atoms with E-state index in [9.17, 15) is 24.6 Å². The minimum absolute atomic E-state index is 0.0224. The highest BCUT2D eigenvalue weighted by Crippen LogP contribution is 2.51. The Morgan fingerprint density at radius 1 is 1.24 bits per heavy atom. The first-order valence-electron chi connectivity index (χ1n) is 14.0. The van der Waals surface area contributed by atoms with Crippen LogP contribution in [-0.2, 0) is 16.0 Å². The van der Waals surface area contributed by atoms with Crippen molar-refractivity contribution in [3.05, 3.63) is 83.6 Å². The molecule has 5 rings (SSSR count). The van der Waals surface area contributed by atoms with E-state index in [1.807, 2.05) is 30.3 Å². The van der Waals surface area contributed by atoms with Gasteiger partial charge in [-0.2, -0.15) is 0 Å². The van der Waals surface area contributed by atoms with Gasteiger partial charge in [-0.3, -0.25) is 14.4 Å². The van der Waals surface area contributed by atoms with Gasteiger partial charge in [-0.1, -0.05) is 24.3 Å². The normalized spacial score (nSPS) is 20.6. The fourth-order valence-corrected chi connectivity index (χ4v) is 5.88. The van der Waals surface area contributed by atoms with Crippen molar-refractivity contribution >= 4 is 29.0 Å². The number of hydrogen-bond acceptors (Lipinski definition) is 7. The number of hydrogen-bond donors (Lipinski definition) is 4. The lowest BCUT2D eigenvalue weighted by atomic mass is 9.77. The zero-order valence-electron chi connectivity index (χ0n) is 23.4. The molecule has 0 unspecified atom stereocenters. The first kappa shape index (κ1) is 29.1. The highest BCUT2D eigenvalue weighted by Gasteiger charge is 2.51. The molecule has 2 aliphatic rings. The van der Waals surface area contributed by atoms with Crippen LogP contribution in [-0.4, -0.2) is 83.3 Å². The number of para-hydroxylation sites is 1. The standard InChI is InChI=1S/C32H35N3O7/c1-3-4-9-27(38)35(12-10-21-16-20-7-5-6-8-24(20)34-21)25-17-23(32(40)33-11-13-36)28-22-14-19(18-37)15-26(41-2)30(22)42-31(28)29(25)39/h3,5-8,14-18,25,28-29,31,34,36,39H,1,4,9-13H2,2H3,(H,33,40)/t25-,28+,29+,31+/m1/s1. The molecular weight excluding hydrogens is 538 g/mol. The second-order valence-electron chi connectivity index (χ2n) is 10.4. The largest absolute Gasteiger partial charge is 0.493 e. The highest BCUT2D eigenvalue weighted by molar-refractivity contribution is 5.96. The third-order valence-corrected chi connectivity index (χ3v) is 7.86. The Hall–Kier alpha value is -4.41. The van der Waals surface area contributed by atoms with Gasteiger partial charge < -0.3 is 34.9 Å². The molecule has 0 saturated heterocycles. The van der Waals surface area contributed by atoms with Crippen LogP contribution in [0.5, 0.6) is 11.5 Å². The van der Waals surface area contributed by atoms with E-state index in [4.69, 9.17) is 9.47 Å². The minimum atomic E-state index is -1.20. The third kappa shape index (κ3) is 5.55. The SMILES string of the molecule is C=CCCC(=O)N(CCc1cc2ccccc2[nH]1)[C@@H]1C=C(C(=O)NCCO)[C@@H]2c3cc(C=O)cc(OC)c3O[C@@H]2[C@H]1O. The summed E-state index contributed by atoms with van der Waals surface area (Å²) < 4.78 is 11.7. The number of benzene rings is 2. The summed E-state index contributed by atoms with van der Waals surface area (Å²) in [6, 6.07) is 12.2. The summed E-state index contributed by atoms with van der Waals surface area (Å²) in [5.41, 5.74) is 3.07. The number of aliphatic hydroxyl groups is 2. The summed E-state index contributed by atoms with van der Waals surface area (Å²) >= 11 is 0. The molecule has 220 valence electrons. The van der Waals surface area contributed by atoms with Gasteiger partial charge in [-0.05, 0) is 42.1 Å². The number of methoxy groups -OCH3 is 1. The maximum absolute atomic E-state index is 13.6. The van der Waals surface area contributed by atoms with Gasteiger partial charge in [-0.15, -0.1) is 6.58 Å². The van der Waals surface area contributed by atoms with Crippen molar-refractivity contribution < 1.29 is 34.1 Å². The molecule has 2 amide bonds. The molecule has 0 fully saturated rings. The molecule has 0 radical (unpaired) electrons. The molecule has 3 aromatic rings. The van der Waals surface area contributed by atoms with Crippen molar-refractivity contribution in [3.8, 4) is 11.5 Å². The van der Waals surface area contributed by atoms with Gasteiger partial charge in [0, 0.05) is 53.8 Å². The van der Waals surface area contributed by atoms with Gasteiger partial charge in [0.25, 0.3) is 0 Å². The van der Waals surface area contributed by atoms with E-state index in [0.717, 1.165) is 16.6 Å². The predicted molar refractivity (Wildman–Crippen MR) is 157 cm³/mol. The number of aromatic amines is 1. The topological polar surface area (TPSA) is 141 Å². The number of fused-ring (bicyclic) bond motifs is 4. The molecule has 4 atom stereocenters. The first-order chi connectivity index (χ1) is 20.4. The summed E-state index contributed by atoms with van der Waals surface area (Å²) in [5, 5.41) is 24.9. The fourth-order valence-electron chi connectivity index (χ4n) is 5.88. The lowest BCUT2D eigenvalue weighted by molar-refractivity contribution is -0.137. The smallest absolute Gasteiger partial charge is 0.247 e. The van der Waals surface area contributed by atoms with Crippen LogP contribution in [0.1, 0.15) is 40.4 Å². The highest BCUT2D eigenvalue weighted by atomic mass is 16.5. The zero-order chi connectivity index (χ0) is 29.8. The fraction of sp³-hybridized carbons (Fsp3) is 0.344. The van der Waals surface area contributed by atoms with Crippen LogP contribution in [0.4, 0.5) is 0 Å². The number of carbonyl (C=O) groups is 3. The van der Waals surface area contributed by atoms with E-state index in [2.05, 4.69) is 16.9 Å². The number of ether oxygens (including phenoxy) is 2. The maximum Gasteiger partial charge on any atom is 0.247 e. The van der Waals surface area contributed by atoms with E-state index in [0.29, 0.717) is 41.8 Å². The molecule has 10 heteroatoms. The van der Waals surface area contributed by atoms with Gasteiger partial charge in [0.2, 0.25) is 11.8 Å². The van der Waals surface area contributed by atoms with E-state index in [-0.39, 0.29) is 37.6 Å². The summed E-state index contributed by atoms with van der Waals surface area (Å²) in [6.07, 6.45) is 2.97. The van der Waals surface area contributed by atoms with Crippen LogP contribution in [0.2, 0.25) is 0 Å². The third-order valence-electron chi connectivity index (χ3n) is 7.86. The van der Waals surface area contributed by atoms with Crippen LogP contribution in [0.25, 0.3) is 10.9 Å². The Kier molecular flexibility index (Phi) is 8.75. The Labute approximate surface area is 243 Å². The molecule has 10 nitrogen and oxygen atoms in total. The summed E-state index contributed by atoms with van der Waals surface area (Å²) in [4.78, 5) is 43.7. The van der Waals surface area contributed by atoms with Gasteiger partial charge in [-0.25, -0.2) is 0 Å². The summed E-state index contributed by atoms with van der Waals surface area (Å²) in [5.74, 6) is -0.743. The van der Waals surface area contributed by atoms with Crippen LogP contribution < -0.4 is 14.8 Å². The molecule has 4 N–H and O–H groups in total. The molecular formula is C32H35N3O7. The summed E-state index contributed by atoms with van der Waals surface area (Å²) in [7, 11) is 1.45. The molecule has 1 aliphatic heterocycles. The van der Waals surface area contributed by atoms with Crippen LogP contribution in [0.3, 0.4) is 0 Å². The van der Waals surface area contributed by atoms with Crippen LogP contribution in [0, 0.1) is 0 Å². The molecule has 1 aliphatic carbocycles. The minimum Gasteiger partial charge on any atom is -0.493 e. The zero-order valence-corrected chi connectivity index (χ0v) is 23.4. The molecule has 1 aromatic heterocycles. The lowest BCUT2D eigenvalue weighted by Crippen LogP contribution is -2.56. The molecule has 2 aromatic carbocycles. The molecule has 2 heterocycles. The number of nitrogens with one attached hydrogen (secondary N) is 2. The summed E-state index contributed by atoms with van der Waals surface area (Å²) in [6.45, 7) is 3.77. The second kappa shape index (κ2) is 12.6. The van der Waals surface area contributed by atoms with Gasteiger partial charge in [0.1, 0.15) is 18.5 Å².